The molecule has 3 rings (SSSR count). The molecule has 0 N–H and O–H groups in total. The van der Waals surface area contributed by atoms with Crippen molar-refractivity contribution in [3.63, 3.8) is 0 Å². The van der Waals surface area contributed by atoms with Crippen LogP contribution in [0.4, 0.5) is 0 Å². The smallest absolute Gasteiger partial charge is 0.339 e. The van der Waals surface area contributed by atoms with Crippen molar-refractivity contribution < 1.29 is 14.3 Å². The molecular weight excluding hydrogens is 264 g/mol. The Labute approximate surface area is 124 Å². The van der Waals surface area contributed by atoms with Crippen molar-refractivity contribution >= 4 is 5.97 Å². The summed E-state index contributed by atoms with van der Waals surface area (Å²) in [5.41, 5.74) is 2.05. The van der Waals surface area contributed by atoms with Gasteiger partial charge in [0.15, 0.2) is 0 Å². The lowest BCUT2D eigenvalue weighted by Gasteiger charge is -2.24. The lowest BCUT2D eigenvalue weighted by atomic mass is 9.96. The van der Waals surface area contributed by atoms with E-state index in [1.807, 2.05) is 57.2 Å². The van der Waals surface area contributed by atoms with Crippen LogP contribution in [-0.2, 0) is 11.2 Å². The highest BCUT2D eigenvalue weighted by Gasteiger charge is 2.25. The molecule has 0 aromatic heterocycles. The second kappa shape index (κ2) is 4.92. The zero-order valence-corrected chi connectivity index (χ0v) is 12.5. The Kier molecular flexibility index (Phi) is 3.20. The summed E-state index contributed by atoms with van der Waals surface area (Å²) in [6.45, 7) is 5.60. The molecule has 0 bridgehead atoms. The van der Waals surface area contributed by atoms with Crippen LogP contribution in [0.3, 0.4) is 0 Å². The average molecular weight is 282 g/mol. The monoisotopic (exact) mass is 282 g/mol. The van der Waals surface area contributed by atoms with Gasteiger partial charge in [-0.3, -0.25) is 0 Å². The summed E-state index contributed by atoms with van der Waals surface area (Å²) in [5, 5.41) is 0. The normalized spacial score (nSPS) is 12.9. The first-order valence-corrected chi connectivity index (χ1v) is 7.05. The molecule has 0 aliphatic carbocycles. The molecule has 0 saturated carbocycles. The number of benzene rings is 2. The van der Waals surface area contributed by atoms with Gasteiger partial charge >= 0.3 is 5.97 Å². The van der Waals surface area contributed by atoms with Gasteiger partial charge in [-0.1, -0.05) is 24.3 Å². The summed E-state index contributed by atoms with van der Waals surface area (Å²) in [7, 11) is 0. The van der Waals surface area contributed by atoms with Gasteiger partial charge in [0.2, 0.25) is 0 Å². The van der Waals surface area contributed by atoms with E-state index in [4.69, 9.17) is 9.47 Å². The van der Waals surface area contributed by atoms with Gasteiger partial charge in [-0.25, -0.2) is 4.79 Å². The van der Waals surface area contributed by atoms with Gasteiger partial charge in [-0.15, -0.1) is 0 Å². The van der Waals surface area contributed by atoms with E-state index < -0.39 is 5.60 Å². The molecule has 1 aliphatic rings. The highest BCUT2D eigenvalue weighted by atomic mass is 16.6. The highest BCUT2D eigenvalue weighted by molar-refractivity contribution is 5.92. The second-order valence-corrected chi connectivity index (χ2v) is 6.17. The topological polar surface area (TPSA) is 35.5 Å². The molecule has 0 unspecified atom stereocenters. The van der Waals surface area contributed by atoms with Gasteiger partial charge in [0.25, 0.3) is 0 Å². The molecule has 1 heterocycles. The molecule has 108 valence electrons. The van der Waals surface area contributed by atoms with Gasteiger partial charge in [-0.05, 0) is 44.5 Å². The number of esters is 1. The van der Waals surface area contributed by atoms with Crippen LogP contribution in [0.5, 0.6) is 11.5 Å². The molecule has 0 radical (unpaired) electrons. The first kappa shape index (κ1) is 13.7. The Morgan fingerprint density at radius 1 is 1.05 bits per heavy atom. The first-order valence-electron chi connectivity index (χ1n) is 7.05. The molecule has 3 nitrogen and oxygen atoms in total. The lowest BCUT2D eigenvalue weighted by molar-refractivity contribution is 0.00680. The highest BCUT2D eigenvalue weighted by Crippen LogP contribution is 2.38. The molecular formula is C18H18O3. The van der Waals surface area contributed by atoms with Gasteiger partial charge in [0.1, 0.15) is 17.1 Å². The zero-order valence-electron chi connectivity index (χ0n) is 12.5. The third-order valence-corrected chi connectivity index (χ3v) is 3.31. The number of rotatable bonds is 1. The van der Waals surface area contributed by atoms with Crippen LogP contribution in [0.1, 0.15) is 42.3 Å². The molecule has 3 heteroatoms. The van der Waals surface area contributed by atoms with Gasteiger partial charge in [-0.2, -0.15) is 0 Å². The average Bonchev–Trinajstić information content (AvgIpc) is 2.42. The molecule has 0 fully saturated rings. The minimum absolute atomic E-state index is 0.303. The Bertz CT molecular complexity index is 696. The van der Waals surface area contributed by atoms with Gasteiger partial charge < -0.3 is 9.47 Å². The SMILES string of the molecule is CC(C)(C)OC(=O)c1cccc2c1Cc1ccccc1O2. The molecule has 0 amide bonds. The van der Waals surface area contributed by atoms with Gasteiger partial charge in [0.05, 0.1) is 5.56 Å². The fourth-order valence-electron chi connectivity index (χ4n) is 2.43. The summed E-state index contributed by atoms with van der Waals surface area (Å²) in [6.07, 6.45) is 0.681. The van der Waals surface area contributed by atoms with Crippen LogP contribution in [0, 0.1) is 0 Å². The number of hydrogen-bond donors (Lipinski definition) is 0. The van der Waals surface area contributed by atoms with E-state index in [2.05, 4.69) is 0 Å². The third-order valence-electron chi connectivity index (χ3n) is 3.31. The maximum Gasteiger partial charge on any atom is 0.339 e. The Morgan fingerprint density at radius 3 is 2.52 bits per heavy atom. The van der Waals surface area contributed by atoms with Crippen molar-refractivity contribution in [2.24, 2.45) is 0 Å². The van der Waals surface area contributed by atoms with Crippen LogP contribution < -0.4 is 4.74 Å². The van der Waals surface area contributed by atoms with E-state index >= 15 is 0 Å². The zero-order chi connectivity index (χ0) is 15.0. The summed E-state index contributed by atoms with van der Waals surface area (Å²) in [5.74, 6) is 1.28. The number of hydrogen-bond acceptors (Lipinski definition) is 3. The fourth-order valence-corrected chi connectivity index (χ4v) is 2.43. The predicted molar refractivity (Wildman–Crippen MR) is 80.9 cm³/mol. The number of ether oxygens (including phenoxy) is 2. The molecule has 0 saturated heterocycles. The van der Waals surface area contributed by atoms with Crippen LogP contribution in [0.15, 0.2) is 42.5 Å². The molecule has 0 spiro atoms. The Hall–Kier alpha value is -2.29. The Balaban J connectivity index is 1.98. The van der Waals surface area contributed by atoms with Gasteiger partial charge in [0, 0.05) is 12.0 Å². The van der Waals surface area contributed by atoms with Crippen LogP contribution in [0.2, 0.25) is 0 Å². The first-order chi connectivity index (χ1) is 9.94. The fraction of sp³-hybridized carbons (Fsp3) is 0.278. The van der Waals surface area contributed by atoms with E-state index in [1.165, 1.54) is 0 Å². The number of carbonyl (C=O) groups excluding carboxylic acids is 1. The minimum Gasteiger partial charge on any atom is -0.457 e. The second-order valence-electron chi connectivity index (χ2n) is 6.17. The molecule has 1 aliphatic heterocycles. The number of fused-ring (bicyclic) bond motifs is 2. The van der Waals surface area contributed by atoms with Crippen LogP contribution in [-0.4, -0.2) is 11.6 Å². The van der Waals surface area contributed by atoms with E-state index in [9.17, 15) is 4.79 Å². The number of para-hydroxylation sites is 1. The van der Waals surface area contributed by atoms with Crippen LogP contribution in [0.25, 0.3) is 0 Å². The third kappa shape index (κ3) is 2.77. The summed E-state index contributed by atoms with van der Waals surface area (Å²) >= 11 is 0. The van der Waals surface area contributed by atoms with E-state index in [1.54, 1.807) is 6.07 Å². The Morgan fingerprint density at radius 2 is 1.76 bits per heavy atom. The largest absolute Gasteiger partial charge is 0.457 e. The van der Waals surface area contributed by atoms with E-state index in [-0.39, 0.29) is 5.97 Å². The summed E-state index contributed by atoms with van der Waals surface area (Å²) in [4.78, 5) is 12.4. The van der Waals surface area contributed by atoms with Crippen molar-refractivity contribution in [3.05, 3.63) is 59.2 Å². The van der Waals surface area contributed by atoms with Crippen molar-refractivity contribution in [1.82, 2.24) is 0 Å². The molecule has 0 atom stereocenters. The minimum atomic E-state index is -0.507. The predicted octanol–water partition coefficient (Wildman–Crippen LogP) is 4.34. The lowest BCUT2D eigenvalue weighted by Crippen LogP contribution is -2.25. The van der Waals surface area contributed by atoms with Crippen molar-refractivity contribution in [3.8, 4) is 11.5 Å². The van der Waals surface area contributed by atoms with E-state index in [0.29, 0.717) is 12.0 Å². The standard InChI is InChI=1S/C18H18O3/c1-18(2,3)21-17(19)13-8-6-10-16-14(13)11-12-7-4-5-9-15(12)20-16/h4-10H,11H2,1-3H3. The van der Waals surface area contributed by atoms with Crippen molar-refractivity contribution in [2.75, 3.05) is 0 Å². The molecule has 21 heavy (non-hydrogen) atoms. The molecule has 2 aromatic rings. The quantitative estimate of drug-likeness (QED) is 0.623. The summed E-state index contributed by atoms with van der Waals surface area (Å²) < 4.78 is 11.4. The van der Waals surface area contributed by atoms with Crippen molar-refractivity contribution in [2.45, 2.75) is 32.8 Å². The van der Waals surface area contributed by atoms with Crippen LogP contribution >= 0.6 is 0 Å². The summed E-state index contributed by atoms with van der Waals surface area (Å²) in [6, 6.07) is 13.4. The van der Waals surface area contributed by atoms with Crippen molar-refractivity contribution in [1.29, 1.82) is 0 Å². The number of carbonyl (C=O) groups is 1. The maximum absolute atomic E-state index is 12.4. The molecule has 2 aromatic carbocycles. The van der Waals surface area contributed by atoms with E-state index in [0.717, 1.165) is 22.6 Å². The maximum atomic E-state index is 12.4.